The van der Waals surface area contributed by atoms with Gasteiger partial charge in [0.05, 0.1) is 10.7 Å². The van der Waals surface area contributed by atoms with Crippen molar-refractivity contribution in [2.75, 3.05) is 26.7 Å². The topological polar surface area (TPSA) is 36.1 Å². The van der Waals surface area contributed by atoms with Gasteiger partial charge < -0.3 is 16.0 Å². The summed E-state index contributed by atoms with van der Waals surface area (Å²) in [6.07, 6.45) is 2.72. The average Bonchev–Trinajstić information content (AvgIpc) is 2.67. The van der Waals surface area contributed by atoms with Crippen LogP contribution in [0.5, 0.6) is 0 Å². The van der Waals surface area contributed by atoms with Gasteiger partial charge in [0.15, 0.2) is 0 Å². The van der Waals surface area contributed by atoms with Gasteiger partial charge in [0, 0.05) is 13.1 Å². The molecule has 13 heavy (non-hydrogen) atoms. The van der Waals surface area contributed by atoms with Crippen molar-refractivity contribution in [3.05, 3.63) is 0 Å². The zero-order valence-corrected chi connectivity index (χ0v) is 8.99. The maximum absolute atomic E-state index is 3.59. The summed E-state index contributed by atoms with van der Waals surface area (Å²) < 4.78 is 0. The van der Waals surface area contributed by atoms with Gasteiger partial charge in [-0.25, -0.2) is 0 Å². The largest absolute Gasteiger partial charge is 0.316 e. The lowest BCUT2D eigenvalue weighted by Crippen LogP contribution is -2.39. The highest BCUT2D eigenvalue weighted by Crippen LogP contribution is 2.29. The second-order valence-electron chi connectivity index (χ2n) is 3.85. The summed E-state index contributed by atoms with van der Waals surface area (Å²) in [5.41, 5.74) is 0. The van der Waals surface area contributed by atoms with Gasteiger partial charge in [0.1, 0.15) is 0 Å². The molecule has 2 heterocycles. The molecule has 0 aliphatic carbocycles. The minimum atomic E-state index is 0.618. The molecule has 0 aromatic heterocycles. The zero-order chi connectivity index (χ0) is 9.10. The molecule has 0 saturated carbocycles. The minimum Gasteiger partial charge on any atom is -0.316 e. The quantitative estimate of drug-likeness (QED) is 0.596. The molecule has 0 bridgehead atoms. The third kappa shape index (κ3) is 2.37. The zero-order valence-electron chi connectivity index (χ0n) is 8.18. The Balaban J connectivity index is 1.80. The Morgan fingerprint density at radius 2 is 2.31 bits per heavy atom. The van der Waals surface area contributed by atoms with Crippen LogP contribution in [0.4, 0.5) is 0 Å². The molecule has 4 heteroatoms. The molecule has 2 aliphatic rings. The average molecular weight is 201 g/mol. The van der Waals surface area contributed by atoms with Crippen LogP contribution in [0.25, 0.3) is 0 Å². The Labute approximate surface area is 84.4 Å². The highest BCUT2D eigenvalue weighted by atomic mass is 32.2. The number of nitrogens with one attached hydrogen (secondary N) is 3. The second-order valence-corrected chi connectivity index (χ2v) is 5.20. The van der Waals surface area contributed by atoms with Crippen molar-refractivity contribution in [1.82, 2.24) is 16.0 Å². The molecule has 2 saturated heterocycles. The molecule has 3 N–H and O–H groups in total. The molecular formula is C9H19N3S. The van der Waals surface area contributed by atoms with Crippen LogP contribution in [0.1, 0.15) is 12.8 Å². The van der Waals surface area contributed by atoms with Gasteiger partial charge >= 0.3 is 0 Å². The summed E-state index contributed by atoms with van der Waals surface area (Å²) >= 11 is 2.05. The lowest BCUT2D eigenvalue weighted by molar-refractivity contribution is 0.349. The first-order valence-electron chi connectivity index (χ1n) is 5.17. The van der Waals surface area contributed by atoms with Gasteiger partial charge in [-0.3, -0.25) is 0 Å². The van der Waals surface area contributed by atoms with Crippen molar-refractivity contribution in [2.24, 2.45) is 5.92 Å². The number of likely N-dealkylation sites (N-methyl/N-ethyl adjacent to an activating group) is 1. The van der Waals surface area contributed by atoms with E-state index in [4.69, 9.17) is 0 Å². The molecule has 0 radical (unpaired) electrons. The number of thioether (sulfide) groups is 1. The Morgan fingerprint density at radius 3 is 2.92 bits per heavy atom. The number of hydrogen-bond donors (Lipinski definition) is 3. The van der Waals surface area contributed by atoms with E-state index in [0.717, 1.165) is 12.5 Å². The molecule has 0 aromatic carbocycles. The molecule has 2 rings (SSSR count). The Bertz CT molecular complexity index is 159. The van der Waals surface area contributed by atoms with Crippen molar-refractivity contribution in [2.45, 2.75) is 23.6 Å². The van der Waals surface area contributed by atoms with Gasteiger partial charge in [-0.05, 0) is 32.4 Å². The number of hydrogen-bond acceptors (Lipinski definition) is 4. The van der Waals surface area contributed by atoms with Crippen molar-refractivity contribution in [3.63, 3.8) is 0 Å². The highest BCUT2D eigenvalue weighted by molar-refractivity contribution is 8.00. The summed E-state index contributed by atoms with van der Waals surface area (Å²) in [4.78, 5) is 0. The van der Waals surface area contributed by atoms with Crippen LogP contribution in [-0.2, 0) is 0 Å². The van der Waals surface area contributed by atoms with Crippen molar-refractivity contribution in [3.8, 4) is 0 Å². The molecule has 0 amide bonds. The summed E-state index contributed by atoms with van der Waals surface area (Å²) in [6.45, 7) is 3.52. The van der Waals surface area contributed by atoms with Crippen molar-refractivity contribution < 1.29 is 0 Å². The summed E-state index contributed by atoms with van der Waals surface area (Å²) in [5, 5.41) is 11.7. The van der Waals surface area contributed by atoms with Crippen LogP contribution in [0, 0.1) is 5.92 Å². The van der Waals surface area contributed by atoms with Crippen LogP contribution in [0.15, 0.2) is 0 Å². The van der Waals surface area contributed by atoms with E-state index in [-0.39, 0.29) is 0 Å². The van der Waals surface area contributed by atoms with Crippen LogP contribution >= 0.6 is 11.8 Å². The maximum Gasteiger partial charge on any atom is 0.0672 e. The normalized spacial score (nSPS) is 40.8. The molecule has 0 spiro atoms. The minimum absolute atomic E-state index is 0.618. The first-order valence-corrected chi connectivity index (χ1v) is 6.11. The fraction of sp³-hybridized carbons (Fsp3) is 1.00. The van der Waals surface area contributed by atoms with Crippen molar-refractivity contribution in [1.29, 1.82) is 0 Å². The summed E-state index contributed by atoms with van der Waals surface area (Å²) in [5.74, 6) is 0.831. The Hall–Kier alpha value is 0.230. The second kappa shape index (κ2) is 4.64. The van der Waals surface area contributed by atoms with Crippen LogP contribution in [0.3, 0.4) is 0 Å². The van der Waals surface area contributed by atoms with Gasteiger partial charge in [-0.15, -0.1) is 11.8 Å². The molecule has 0 aromatic rings. The fourth-order valence-electron chi connectivity index (χ4n) is 2.08. The smallest absolute Gasteiger partial charge is 0.0672 e. The SMILES string of the molecule is CNC1CNC(C2CCCNC2)S1. The van der Waals surface area contributed by atoms with E-state index < -0.39 is 0 Å². The Kier molecular flexibility index (Phi) is 3.49. The predicted molar refractivity (Wildman–Crippen MR) is 57.8 cm³/mol. The molecule has 2 aliphatic heterocycles. The molecule has 3 unspecified atom stereocenters. The van der Waals surface area contributed by atoms with Crippen LogP contribution in [-0.4, -0.2) is 37.4 Å². The van der Waals surface area contributed by atoms with Crippen molar-refractivity contribution >= 4 is 11.8 Å². The van der Waals surface area contributed by atoms with Crippen LogP contribution in [0.2, 0.25) is 0 Å². The van der Waals surface area contributed by atoms with Crippen LogP contribution < -0.4 is 16.0 Å². The fourth-order valence-corrected chi connectivity index (χ4v) is 3.41. The van der Waals surface area contributed by atoms with E-state index in [9.17, 15) is 0 Å². The third-order valence-electron chi connectivity index (χ3n) is 2.90. The van der Waals surface area contributed by atoms with E-state index in [1.54, 1.807) is 0 Å². The van der Waals surface area contributed by atoms with E-state index in [0.29, 0.717) is 10.7 Å². The first-order chi connectivity index (χ1) is 6.40. The number of piperidine rings is 1. The van der Waals surface area contributed by atoms with Gasteiger partial charge in [-0.1, -0.05) is 0 Å². The molecule has 3 nitrogen and oxygen atoms in total. The molecule has 2 fully saturated rings. The van der Waals surface area contributed by atoms with Gasteiger partial charge in [-0.2, -0.15) is 0 Å². The number of rotatable bonds is 2. The standard InChI is InChI=1S/C9H19N3S/c1-10-8-6-12-9(13-8)7-3-2-4-11-5-7/h7-12H,2-6H2,1H3. The van der Waals surface area contributed by atoms with E-state index in [1.165, 1.54) is 25.9 Å². The lowest BCUT2D eigenvalue weighted by atomic mass is 9.99. The van der Waals surface area contributed by atoms with Gasteiger partial charge in [0.25, 0.3) is 0 Å². The third-order valence-corrected chi connectivity index (χ3v) is 4.48. The summed E-state index contributed by atoms with van der Waals surface area (Å²) in [6, 6.07) is 0. The highest BCUT2D eigenvalue weighted by Gasteiger charge is 2.30. The lowest BCUT2D eigenvalue weighted by Gasteiger charge is -2.27. The first kappa shape index (κ1) is 9.77. The molecular weight excluding hydrogens is 182 g/mol. The monoisotopic (exact) mass is 201 g/mol. The summed E-state index contributed by atoms with van der Waals surface area (Å²) in [7, 11) is 2.04. The van der Waals surface area contributed by atoms with Gasteiger partial charge in [0.2, 0.25) is 0 Å². The molecule has 3 atom stereocenters. The maximum atomic E-state index is 3.59. The van der Waals surface area contributed by atoms with E-state index >= 15 is 0 Å². The van der Waals surface area contributed by atoms with E-state index in [2.05, 4.69) is 27.7 Å². The Morgan fingerprint density at radius 1 is 1.38 bits per heavy atom. The predicted octanol–water partition coefficient (Wildman–Crippen LogP) is 0.194. The van der Waals surface area contributed by atoms with E-state index in [1.807, 2.05) is 7.05 Å². The molecule has 76 valence electrons.